The van der Waals surface area contributed by atoms with Crippen LogP contribution in [-0.2, 0) is 11.3 Å². The smallest absolute Gasteiger partial charge is 0.231 e. The van der Waals surface area contributed by atoms with Crippen LogP contribution in [0.5, 0.6) is 23.0 Å². The number of hydrogen-bond donors (Lipinski definition) is 1. The second kappa shape index (κ2) is 6.77. The summed E-state index contributed by atoms with van der Waals surface area (Å²) in [6, 6.07) is 5.52. The predicted octanol–water partition coefficient (Wildman–Crippen LogP) is 2.74. The molecule has 0 fully saturated rings. The van der Waals surface area contributed by atoms with Crippen LogP contribution in [0.25, 0.3) is 0 Å². The minimum Gasteiger partial charge on any atom is -0.493 e. The van der Waals surface area contributed by atoms with Crippen molar-refractivity contribution in [1.82, 2.24) is 9.78 Å². The zero-order valence-electron chi connectivity index (χ0n) is 15.9. The molecule has 1 amide bonds. The molecule has 0 spiro atoms. The summed E-state index contributed by atoms with van der Waals surface area (Å²) < 4.78 is 29.4. The number of anilines is 1. The molecule has 1 unspecified atom stereocenters. The van der Waals surface area contributed by atoms with Crippen molar-refractivity contribution >= 4 is 11.7 Å². The van der Waals surface area contributed by atoms with Crippen LogP contribution < -0.4 is 24.3 Å². The van der Waals surface area contributed by atoms with E-state index in [0.717, 1.165) is 16.9 Å². The van der Waals surface area contributed by atoms with E-state index in [4.69, 9.17) is 23.4 Å². The molecule has 1 aromatic carbocycles. The molecule has 9 nitrogen and oxygen atoms in total. The van der Waals surface area contributed by atoms with E-state index in [1.807, 2.05) is 18.2 Å². The van der Waals surface area contributed by atoms with E-state index in [1.165, 1.54) is 0 Å². The molecule has 0 radical (unpaired) electrons. The fraction of sp³-hybridized carbons (Fsp3) is 0.300. The molecule has 1 atom stereocenters. The summed E-state index contributed by atoms with van der Waals surface area (Å²) in [6.45, 7) is 0.500. The molecule has 9 heteroatoms. The van der Waals surface area contributed by atoms with Gasteiger partial charge in [0.05, 0.1) is 26.7 Å². The van der Waals surface area contributed by atoms with E-state index in [-0.39, 0.29) is 25.0 Å². The molecular weight excluding hydrogens is 378 g/mol. The first-order valence-corrected chi connectivity index (χ1v) is 9.12. The number of fused-ring (bicyclic) bond motifs is 2. The van der Waals surface area contributed by atoms with Gasteiger partial charge in [-0.15, -0.1) is 0 Å². The predicted molar refractivity (Wildman–Crippen MR) is 101 cm³/mol. The van der Waals surface area contributed by atoms with Crippen LogP contribution in [0.4, 0.5) is 5.82 Å². The maximum absolute atomic E-state index is 12.5. The first-order valence-electron chi connectivity index (χ1n) is 9.12. The first kappa shape index (κ1) is 17.5. The Morgan fingerprint density at radius 2 is 2.10 bits per heavy atom. The molecule has 0 aliphatic carbocycles. The third-order valence-corrected chi connectivity index (χ3v) is 5.17. The van der Waals surface area contributed by atoms with Crippen molar-refractivity contribution in [3.05, 3.63) is 47.5 Å². The lowest BCUT2D eigenvalue weighted by Gasteiger charge is -2.26. The summed E-state index contributed by atoms with van der Waals surface area (Å²) in [4.78, 5) is 12.5. The molecule has 5 rings (SSSR count). The van der Waals surface area contributed by atoms with Gasteiger partial charge in [0.2, 0.25) is 24.2 Å². The van der Waals surface area contributed by atoms with E-state index in [9.17, 15) is 4.79 Å². The molecular formula is C20H19N3O6. The number of carbonyl (C=O) groups is 1. The van der Waals surface area contributed by atoms with Gasteiger partial charge in [-0.05, 0) is 18.2 Å². The third-order valence-electron chi connectivity index (χ3n) is 5.17. The highest BCUT2D eigenvalue weighted by molar-refractivity contribution is 5.94. The van der Waals surface area contributed by atoms with Gasteiger partial charge in [0.15, 0.2) is 11.5 Å². The number of amides is 1. The summed E-state index contributed by atoms with van der Waals surface area (Å²) >= 11 is 0. The molecule has 3 aromatic rings. The van der Waals surface area contributed by atoms with Gasteiger partial charge in [0, 0.05) is 23.5 Å². The standard InChI is InChI=1S/C20H19N3O6/c1-25-15-6-13(17(26-2)19-18(15)28-10-29-19)12-7-16(24)22-20-14(12)8-21-23(20)9-11-4-3-5-27-11/h3-6,8,12H,7,9-10H2,1-2H3,(H,22,24). The summed E-state index contributed by atoms with van der Waals surface area (Å²) in [7, 11) is 3.13. The summed E-state index contributed by atoms with van der Waals surface area (Å²) in [5, 5.41) is 7.40. The quantitative estimate of drug-likeness (QED) is 0.707. The maximum Gasteiger partial charge on any atom is 0.231 e. The number of aromatic nitrogens is 2. The second-order valence-electron chi connectivity index (χ2n) is 6.76. The van der Waals surface area contributed by atoms with Crippen LogP contribution in [0.3, 0.4) is 0 Å². The first-order chi connectivity index (χ1) is 14.2. The van der Waals surface area contributed by atoms with E-state index >= 15 is 0 Å². The van der Waals surface area contributed by atoms with Gasteiger partial charge < -0.3 is 28.7 Å². The number of nitrogens with zero attached hydrogens (tertiary/aromatic N) is 2. The van der Waals surface area contributed by atoms with Gasteiger partial charge >= 0.3 is 0 Å². The maximum atomic E-state index is 12.5. The van der Waals surface area contributed by atoms with Crippen molar-refractivity contribution in [3.63, 3.8) is 0 Å². The van der Waals surface area contributed by atoms with Gasteiger partial charge in [-0.25, -0.2) is 4.68 Å². The number of hydrogen-bond acceptors (Lipinski definition) is 7. The minimum absolute atomic E-state index is 0.0863. The molecule has 0 bridgehead atoms. The molecule has 1 N–H and O–H groups in total. The second-order valence-corrected chi connectivity index (χ2v) is 6.76. The average molecular weight is 397 g/mol. The summed E-state index contributed by atoms with van der Waals surface area (Å²) in [5.41, 5.74) is 1.66. The highest BCUT2D eigenvalue weighted by Gasteiger charge is 2.36. The zero-order valence-corrected chi connectivity index (χ0v) is 15.9. The number of carbonyl (C=O) groups excluding carboxylic acids is 1. The molecule has 0 saturated carbocycles. The van der Waals surface area contributed by atoms with Crippen molar-refractivity contribution in [1.29, 1.82) is 0 Å². The zero-order chi connectivity index (χ0) is 20.0. The van der Waals surface area contributed by atoms with Gasteiger partial charge in [-0.2, -0.15) is 5.10 Å². The molecule has 4 heterocycles. The lowest BCUT2D eigenvalue weighted by atomic mass is 9.86. The molecule has 29 heavy (non-hydrogen) atoms. The Bertz CT molecular complexity index is 1070. The fourth-order valence-corrected chi connectivity index (χ4v) is 3.87. The van der Waals surface area contributed by atoms with Crippen molar-refractivity contribution in [2.75, 3.05) is 26.3 Å². The Balaban J connectivity index is 1.62. The SMILES string of the molecule is COc1cc(C2CC(=O)Nc3c2cnn3Cc2ccco2)c(OC)c2c1OCO2. The highest BCUT2D eigenvalue weighted by atomic mass is 16.7. The van der Waals surface area contributed by atoms with Gasteiger partial charge in [0.25, 0.3) is 0 Å². The van der Waals surface area contributed by atoms with Gasteiger partial charge in [0.1, 0.15) is 18.1 Å². The van der Waals surface area contributed by atoms with Crippen LogP contribution in [0.15, 0.2) is 35.1 Å². The Kier molecular flexibility index (Phi) is 4.08. The van der Waals surface area contributed by atoms with Crippen LogP contribution in [-0.4, -0.2) is 36.7 Å². The fourth-order valence-electron chi connectivity index (χ4n) is 3.87. The Hall–Kier alpha value is -3.62. The number of rotatable bonds is 5. The van der Waals surface area contributed by atoms with Gasteiger partial charge in [-0.3, -0.25) is 4.79 Å². The number of furan rings is 1. The van der Waals surface area contributed by atoms with Crippen LogP contribution in [0.2, 0.25) is 0 Å². The van der Waals surface area contributed by atoms with Crippen molar-refractivity contribution in [2.45, 2.75) is 18.9 Å². The van der Waals surface area contributed by atoms with Crippen molar-refractivity contribution < 1.29 is 28.2 Å². The number of methoxy groups -OCH3 is 2. The Morgan fingerprint density at radius 3 is 2.86 bits per heavy atom. The van der Waals surface area contributed by atoms with E-state index < -0.39 is 0 Å². The lowest BCUT2D eigenvalue weighted by Crippen LogP contribution is -2.25. The Labute approximate surface area is 166 Å². The monoisotopic (exact) mass is 397 g/mol. The minimum atomic E-state index is -0.276. The largest absolute Gasteiger partial charge is 0.493 e. The normalized spacial score (nSPS) is 17.0. The van der Waals surface area contributed by atoms with Crippen molar-refractivity contribution in [2.24, 2.45) is 0 Å². The summed E-state index contributed by atoms with van der Waals surface area (Å²) in [5.74, 6) is 3.05. The van der Waals surface area contributed by atoms with Crippen LogP contribution in [0, 0.1) is 0 Å². The van der Waals surface area contributed by atoms with E-state index in [1.54, 1.807) is 31.4 Å². The molecule has 2 aliphatic heterocycles. The van der Waals surface area contributed by atoms with Crippen molar-refractivity contribution in [3.8, 4) is 23.0 Å². The topological polar surface area (TPSA) is 97.0 Å². The Morgan fingerprint density at radius 1 is 1.24 bits per heavy atom. The lowest BCUT2D eigenvalue weighted by molar-refractivity contribution is -0.116. The number of benzene rings is 1. The van der Waals surface area contributed by atoms with E-state index in [2.05, 4.69) is 10.4 Å². The summed E-state index contributed by atoms with van der Waals surface area (Å²) in [6.07, 6.45) is 3.62. The van der Waals surface area contributed by atoms with Crippen LogP contribution in [0.1, 0.15) is 29.2 Å². The number of ether oxygens (including phenoxy) is 4. The van der Waals surface area contributed by atoms with E-state index in [0.29, 0.717) is 35.4 Å². The number of nitrogens with one attached hydrogen (secondary N) is 1. The molecule has 2 aromatic heterocycles. The molecule has 2 aliphatic rings. The molecule has 0 saturated heterocycles. The third kappa shape index (κ3) is 2.77. The molecule has 150 valence electrons. The highest BCUT2D eigenvalue weighted by Crippen LogP contribution is 2.53. The average Bonchev–Trinajstić information content (AvgIpc) is 3.48. The van der Waals surface area contributed by atoms with Crippen LogP contribution >= 0.6 is 0 Å². The van der Waals surface area contributed by atoms with Gasteiger partial charge in [-0.1, -0.05) is 0 Å².